The highest BCUT2D eigenvalue weighted by atomic mass is 32.2. The fourth-order valence-corrected chi connectivity index (χ4v) is 4.05. The smallest absolute Gasteiger partial charge is 0.261 e. The Bertz CT molecular complexity index is 1470. The van der Waals surface area contributed by atoms with Crippen LogP contribution in [0.5, 0.6) is 0 Å². The number of H-pyrrole nitrogens is 1. The molecule has 0 aliphatic carbocycles. The van der Waals surface area contributed by atoms with Crippen LogP contribution >= 0.6 is 0 Å². The first-order valence-corrected chi connectivity index (χ1v) is 10.2. The molecule has 0 unspecified atom stereocenters. The number of fused-ring (bicyclic) bond motifs is 1. The van der Waals surface area contributed by atoms with Crippen molar-refractivity contribution in [3.63, 3.8) is 0 Å². The Morgan fingerprint density at radius 1 is 1.10 bits per heavy atom. The summed E-state index contributed by atoms with van der Waals surface area (Å²) in [4.78, 5) is 22.8. The number of aromatic amines is 1. The third-order valence-electron chi connectivity index (χ3n) is 4.50. The first-order chi connectivity index (χ1) is 14.8. The summed E-state index contributed by atoms with van der Waals surface area (Å²) in [5.41, 5.74) is -0.152. The number of sulfonamides is 1. The van der Waals surface area contributed by atoms with Gasteiger partial charge in [0.2, 0.25) is 5.69 Å². The van der Waals surface area contributed by atoms with Gasteiger partial charge < -0.3 is 4.98 Å². The van der Waals surface area contributed by atoms with Crippen molar-refractivity contribution in [1.29, 1.82) is 0 Å². The van der Waals surface area contributed by atoms with Gasteiger partial charge in [-0.3, -0.25) is 14.5 Å². The molecule has 0 aliphatic rings. The SMILES string of the molecule is [C-]#[N+]c1cnc2[nH]cc(C(=O)c3cccc(NS(=O)(=O)c4ccc(F)cc4)c3F)c2c1. The van der Waals surface area contributed by atoms with Crippen molar-refractivity contribution in [2.45, 2.75) is 4.90 Å². The molecule has 31 heavy (non-hydrogen) atoms. The maximum absolute atomic E-state index is 15.1. The zero-order valence-corrected chi connectivity index (χ0v) is 16.4. The molecule has 4 aromatic rings. The molecule has 2 heterocycles. The highest BCUT2D eigenvalue weighted by molar-refractivity contribution is 7.92. The van der Waals surface area contributed by atoms with E-state index in [4.69, 9.17) is 6.57 Å². The van der Waals surface area contributed by atoms with E-state index in [-0.39, 0.29) is 21.7 Å². The highest BCUT2D eigenvalue weighted by Gasteiger charge is 2.23. The van der Waals surface area contributed by atoms with Crippen molar-refractivity contribution < 1.29 is 22.0 Å². The number of carbonyl (C=O) groups excluding carboxylic acids is 1. The molecule has 2 aromatic carbocycles. The fraction of sp³-hybridized carbons (Fsp3) is 0. The molecular formula is C21H12F2N4O3S. The molecule has 7 nitrogen and oxygen atoms in total. The number of halogens is 2. The van der Waals surface area contributed by atoms with Crippen molar-refractivity contribution in [2.75, 3.05) is 4.72 Å². The van der Waals surface area contributed by atoms with Gasteiger partial charge in [0.25, 0.3) is 10.0 Å². The molecular weight excluding hydrogens is 426 g/mol. The van der Waals surface area contributed by atoms with E-state index in [0.717, 1.165) is 24.3 Å². The summed E-state index contributed by atoms with van der Waals surface area (Å²) in [6.45, 7) is 7.09. The molecule has 10 heteroatoms. The van der Waals surface area contributed by atoms with Crippen LogP contribution in [0.25, 0.3) is 15.9 Å². The van der Waals surface area contributed by atoms with E-state index in [2.05, 4.69) is 19.5 Å². The maximum atomic E-state index is 15.1. The lowest BCUT2D eigenvalue weighted by Crippen LogP contribution is -2.15. The summed E-state index contributed by atoms with van der Waals surface area (Å²) < 4.78 is 55.2. The molecule has 0 bridgehead atoms. The van der Waals surface area contributed by atoms with Gasteiger partial charge in [0.1, 0.15) is 11.5 Å². The minimum absolute atomic E-state index is 0.0884. The molecule has 0 aliphatic heterocycles. The second kappa shape index (κ2) is 7.62. The quantitative estimate of drug-likeness (QED) is 0.356. The largest absolute Gasteiger partial charge is 0.345 e. The van der Waals surface area contributed by atoms with Crippen molar-refractivity contribution >= 4 is 38.2 Å². The molecule has 0 saturated carbocycles. The lowest BCUT2D eigenvalue weighted by atomic mass is 10.0. The molecule has 154 valence electrons. The number of benzene rings is 2. The second-order valence-corrected chi connectivity index (χ2v) is 8.14. The Morgan fingerprint density at radius 2 is 1.84 bits per heavy atom. The Morgan fingerprint density at radius 3 is 2.55 bits per heavy atom. The summed E-state index contributed by atoms with van der Waals surface area (Å²) >= 11 is 0. The van der Waals surface area contributed by atoms with Crippen LogP contribution in [-0.2, 0) is 10.0 Å². The van der Waals surface area contributed by atoms with E-state index in [1.165, 1.54) is 36.7 Å². The maximum Gasteiger partial charge on any atom is 0.261 e. The summed E-state index contributed by atoms with van der Waals surface area (Å²) in [6, 6.07) is 9.19. The van der Waals surface area contributed by atoms with Gasteiger partial charge in [-0.25, -0.2) is 22.0 Å². The van der Waals surface area contributed by atoms with Crippen molar-refractivity contribution in [2.24, 2.45) is 0 Å². The van der Waals surface area contributed by atoms with E-state index >= 15 is 4.39 Å². The summed E-state index contributed by atoms with van der Waals surface area (Å²) in [5.74, 6) is -2.40. The van der Waals surface area contributed by atoms with Crippen molar-refractivity contribution in [1.82, 2.24) is 9.97 Å². The number of nitrogens with zero attached hydrogens (tertiary/aromatic N) is 2. The van der Waals surface area contributed by atoms with Crippen LogP contribution in [0.3, 0.4) is 0 Å². The number of aromatic nitrogens is 2. The van der Waals surface area contributed by atoms with Gasteiger partial charge in [0.05, 0.1) is 22.7 Å². The molecule has 0 spiro atoms. The van der Waals surface area contributed by atoms with Crippen LogP contribution in [0.2, 0.25) is 0 Å². The van der Waals surface area contributed by atoms with Crippen LogP contribution < -0.4 is 4.72 Å². The summed E-state index contributed by atoms with van der Waals surface area (Å²) in [5, 5.41) is 0.343. The van der Waals surface area contributed by atoms with Crippen LogP contribution in [0.4, 0.5) is 20.2 Å². The monoisotopic (exact) mass is 438 g/mol. The number of ketones is 1. The van der Waals surface area contributed by atoms with Gasteiger partial charge in [-0.2, -0.15) is 0 Å². The van der Waals surface area contributed by atoms with E-state index in [1.807, 2.05) is 0 Å². The van der Waals surface area contributed by atoms with Gasteiger partial charge in [0.15, 0.2) is 11.6 Å². The number of carbonyl (C=O) groups is 1. The van der Waals surface area contributed by atoms with Crippen LogP contribution in [0.1, 0.15) is 15.9 Å². The Balaban J connectivity index is 1.72. The van der Waals surface area contributed by atoms with E-state index < -0.39 is 33.1 Å². The van der Waals surface area contributed by atoms with Crippen LogP contribution in [0, 0.1) is 18.2 Å². The molecule has 2 N–H and O–H groups in total. The lowest BCUT2D eigenvalue weighted by molar-refractivity contribution is 0.103. The average molecular weight is 438 g/mol. The Labute approximate surface area is 175 Å². The van der Waals surface area contributed by atoms with Crippen LogP contribution in [-0.4, -0.2) is 24.2 Å². The summed E-state index contributed by atoms with van der Waals surface area (Å²) in [7, 11) is -4.21. The van der Waals surface area contributed by atoms with Crippen molar-refractivity contribution in [3.05, 3.63) is 95.1 Å². The molecule has 0 saturated heterocycles. The standard InChI is InChI=1S/C21H12F2N4O3S/c1-24-13-9-16-17(11-26-21(16)25-10-13)20(28)15-3-2-4-18(19(15)23)27-31(29,30)14-7-5-12(22)6-8-14/h2-11,27H,(H,25,26). The molecule has 0 amide bonds. The number of nitrogens with one attached hydrogen (secondary N) is 2. The molecule has 2 aromatic heterocycles. The lowest BCUT2D eigenvalue weighted by Gasteiger charge is -2.11. The van der Waals surface area contributed by atoms with Gasteiger partial charge in [-0.15, -0.1) is 0 Å². The Kier molecular flexibility index (Phi) is 4.96. The summed E-state index contributed by atoms with van der Waals surface area (Å²) in [6.07, 6.45) is 2.69. The number of hydrogen-bond acceptors (Lipinski definition) is 4. The second-order valence-electron chi connectivity index (χ2n) is 6.46. The van der Waals surface area contributed by atoms with E-state index in [9.17, 15) is 17.6 Å². The van der Waals surface area contributed by atoms with Gasteiger partial charge in [-0.05, 0) is 42.5 Å². The predicted octanol–water partition coefficient (Wildman–Crippen LogP) is 4.42. The minimum atomic E-state index is -4.21. The molecule has 0 atom stereocenters. The van der Waals surface area contributed by atoms with E-state index in [0.29, 0.717) is 11.0 Å². The van der Waals surface area contributed by atoms with E-state index in [1.54, 1.807) is 0 Å². The first-order valence-electron chi connectivity index (χ1n) is 8.76. The highest BCUT2D eigenvalue weighted by Crippen LogP contribution is 2.27. The molecule has 4 rings (SSSR count). The van der Waals surface area contributed by atoms with Gasteiger partial charge in [-0.1, -0.05) is 6.07 Å². The Hall–Kier alpha value is -4.10. The zero-order chi connectivity index (χ0) is 22.2. The number of hydrogen-bond donors (Lipinski definition) is 2. The predicted molar refractivity (Wildman–Crippen MR) is 109 cm³/mol. The van der Waals surface area contributed by atoms with Crippen molar-refractivity contribution in [3.8, 4) is 0 Å². The zero-order valence-electron chi connectivity index (χ0n) is 15.6. The topological polar surface area (TPSA) is 96.3 Å². The normalized spacial score (nSPS) is 11.3. The number of anilines is 1. The van der Waals surface area contributed by atoms with Crippen LogP contribution in [0.15, 0.2) is 65.8 Å². The number of pyridine rings is 1. The fourth-order valence-electron chi connectivity index (χ4n) is 2.99. The molecule has 0 fully saturated rings. The third-order valence-corrected chi connectivity index (χ3v) is 5.88. The number of rotatable bonds is 5. The third kappa shape index (κ3) is 3.74. The minimum Gasteiger partial charge on any atom is -0.345 e. The molecule has 0 radical (unpaired) electrons. The van der Waals surface area contributed by atoms with Gasteiger partial charge >= 0.3 is 0 Å². The average Bonchev–Trinajstić information content (AvgIpc) is 3.18. The first kappa shape index (κ1) is 20.2. The van der Waals surface area contributed by atoms with Gasteiger partial charge in [0, 0.05) is 23.3 Å².